The zero-order valence-electron chi connectivity index (χ0n) is 42.0. The van der Waals surface area contributed by atoms with Crippen LogP contribution in [0.1, 0.15) is 5.56 Å². The topological polar surface area (TPSA) is 45.5 Å². The van der Waals surface area contributed by atoms with Gasteiger partial charge >= 0.3 is 0 Å². The van der Waals surface area contributed by atoms with E-state index in [-0.39, 0.29) is 0 Å². The average molecular weight is 983 g/mol. The van der Waals surface area contributed by atoms with Gasteiger partial charge in [-0.3, -0.25) is 0 Å². The number of para-hydroxylation sites is 6. The summed E-state index contributed by atoms with van der Waals surface area (Å²) >= 11 is 0. The molecule has 0 radical (unpaired) electrons. The highest BCUT2D eigenvalue weighted by atomic mass is 15.0. The Bertz CT molecular complexity index is 4630. The predicted molar refractivity (Wildman–Crippen MR) is 320 cm³/mol. The third-order valence-corrected chi connectivity index (χ3v) is 16.0. The second-order valence-electron chi connectivity index (χ2n) is 20.2. The van der Waals surface area contributed by atoms with Crippen LogP contribution >= 0.6 is 0 Å². The molecule has 0 spiro atoms. The Morgan fingerprint density at radius 2 is 0.506 bits per heavy atom. The van der Waals surface area contributed by atoms with Gasteiger partial charge in [-0.1, -0.05) is 164 Å². The van der Waals surface area contributed by atoms with E-state index in [1.54, 1.807) is 0 Å². The maximum atomic E-state index is 5.33. The van der Waals surface area contributed by atoms with Gasteiger partial charge in [-0.2, -0.15) is 0 Å². The molecule has 0 saturated heterocycles. The van der Waals surface area contributed by atoms with Crippen molar-refractivity contribution in [2.75, 3.05) is 0 Å². The van der Waals surface area contributed by atoms with Crippen molar-refractivity contribution in [1.82, 2.24) is 28.2 Å². The highest BCUT2D eigenvalue weighted by Gasteiger charge is 2.21. The molecule has 0 amide bonds. The van der Waals surface area contributed by atoms with Crippen molar-refractivity contribution in [3.63, 3.8) is 0 Å². The van der Waals surface area contributed by atoms with Crippen molar-refractivity contribution in [3.05, 3.63) is 266 Å². The minimum atomic E-state index is 0.692. The molecule has 0 aliphatic rings. The maximum absolute atomic E-state index is 5.33. The number of nitrogens with zero attached hydrogens (tertiary/aromatic N) is 6. The Labute approximate surface area is 443 Å². The van der Waals surface area contributed by atoms with Crippen LogP contribution in [0, 0.1) is 6.92 Å². The molecule has 0 atom stereocenters. The van der Waals surface area contributed by atoms with Gasteiger partial charge in [0.2, 0.25) is 0 Å². The zero-order valence-corrected chi connectivity index (χ0v) is 42.0. The molecular formula is C71H46N6. The highest BCUT2D eigenvalue weighted by molar-refractivity contribution is 6.14. The van der Waals surface area contributed by atoms with E-state index in [2.05, 4.69) is 280 Å². The molecule has 0 N–H and O–H groups in total. The van der Waals surface area contributed by atoms with Crippen molar-refractivity contribution in [2.24, 2.45) is 0 Å². The quantitative estimate of drug-likeness (QED) is 0.160. The molecule has 360 valence electrons. The van der Waals surface area contributed by atoms with Crippen LogP contribution in [0.5, 0.6) is 0 Å². The molecule has 0 aliphatic carbocycles. The first-order valence-corrected chi connectivity index (χ1v) is 26.3. The first kappa shape index (κ1) is 43.1. The highest BCUT2D eigenvalue weighted by Crippen LogP contribution is 2.41. The summed E-state index contributed by atoms with van der Waals surface area (Å²) in [6.45, 7) is 2.16. The third-order valence-electron chi connectivity index (χ3n) is 16.0. The van der Waals surface area contributed by atoms with Crippen molar-refractivity contribution in [1.29, 1.82) is 0 Å². The Morgan fingerprint density at radius 3 is 0.857 bits per heavy atom. The molecule has 0 bridgehead atoms. The van der Waals surface area contributed by atoms with Crippen LogP contribution in [0.4, 0.5) is 0 Å². The van der Waals surface area contributed by atoms with Crippen LogP contribution in [0.15, 0.2) is 261 Å². The maximum Gasteiger partial charge on any atom is 0.160 e. The van der Waals surface area contributed by atoms with Crippen molar-refractivity contribution in [3.8, 4) is 56.7 Å². The van der Waals surface area contributed by atoms with E-state index < -0.39 is 0 Å². The standard InChI is InChI=1S/C71H46N6/c1-45-69(46-31-35-49(36-32-46)74-65-29-15-9-23-57(65)59-43-51(39-41-67(59)74)76-61-25-11-5-19-53(61)54-20-6-12-26-62(54)76)72-71(48-17-3-2-4-18-48)73-70(45)47-33-37-50(38-34-47)75-66-30-16-10-24-58(66)60-44-52(40-42-68(60)75)77-63-27-13-7-21-55(63)56-22-8-14-28-64(56)77/h2-44H,1H3. The second kappa shape index (κ2) is 16.9. The molecule has 6 heteroatoms. The summed E-state index contributed by atoms with van der Waals surface area (Å²) in [5.74, 6) is 0.692. The van der Waals surface area contributed by atoms with Gasteiger partial charge in [0.05, 0.1) is 55.5 Å². The van der Waals surface area contributed by atoms with E-state index in [1.807, 2.05) is 6.07 Å². The molecule has 11 aromatic carbocycles. The first-order chi connectivity index (χ1) is 38.1. The zero-order chi connectivity index (χ0) is 50.7. The van der Waals surface area contributed by atoms with Gasteiger partial charge < -0.3 is 18.3 Å². The molecule has 0 fully saturated rings. The van der Waals surface area contributed by atoms with Crippen LogP contribution in [-0.4, -0.2) is 28.2 Å². The van der Waals surface area contributed by atoms with Gasteiger partial charge in [0.1, 0.15) is 0 Å². The fourth-order valence-corrected chi connectivity index (χ4v) is 12.5. The molecule has 5 heterocycles. The van der Waals surface area contributed by atoms with E-state index in [0.717, 1.165) is 78.5 Å². The lowest BCUT2D eigenvalue weighted by molar-refractivity contribution is 1.14. The average Bonchev–Trinajstić information content (AvgIpc) is 4.34. The Balaban J connectivity index is 0.785. The lowest BCUT2D eigenvalue weighted by atomic mass is 10.00. The van der Waals surface area contributed by atoms with Gasteiger partial charge in [-0.15, -0.1) is 0 Å². The number of aromatic nitrogens is 6. The SMILES string of the molecule is Cc1c(-c2ccc(-n3c4ccccc4c4cc(-n5c6ccccc6c6ccccc65)ccc43)cc2)nc(-c2ccccc2)nc1-c1ccc(-n2c3ccccc3c3cc(-n4c5ccccc5c5ccccc54)ccc32)cc1. The molecular weight excluding hydrogens is 937 g/mol. The van der Waals surface area contributed by atoms with Gasteiger partial charge in [-0.25, -0.2) is 9.97 Å². The summed E-state index contributed by atoms with van der Waals surface area (Å²) in [6.07, 6.45) is 0. The fraction of sp³-hybridized carbons (Fsp3) is 0.0141. The smallest absolute Gasteiger partial charge is 0.160 e. The van der Waals surface area contributed by atoms with Gasteiger partial charge in [0.15, 0.2) is 5.82 Å². The summed E-state index contributed by atoms with van der Waals surface area (Å²) < 4.78 is 9.58. The van der Waals surface area contributed by atoms with Gasteiger partial charge in [0.25, 0.3) is 0 Å². The van der Waals surface area contributed by atoms with E-state index in [4.69, 9.17) is 9.97 Å². The summed E-state index contributed by atoms with van der Waals surface area (Å²) in [7, 11) is 0. The van der Waals surface area contributed by atoms with Crippen molar-refractivity contribution < 1.29 is 0 Å². The summed E-state index contributed by atoms with van der Waals surface area (Å²) in [6, 6.07) is 94.3. The summed E-state index contributed by atoms with van der Waals surface area (Å²) in [5.41, 5.74) is 19.8. The molecule has 16 rings (SSSR count). The molecule has 0 unspecified atom stereocenters. The largest absolute Gasteiger partial charge is 0.309 e. The lowest BCUT2D eigenvalue weighted by Gasteiger charge is -2.15. The normalized spacial score (nSPS) is 12.0. The Hall–Kier alpha value is -10.3. The molecule has 5 aromatic heterocycles. The number of fused-ring (bicyclic) bond motifs is 12. The molecule has 77 heavy (non-hydrogen) atoms. The molecule has 6 nitrogen and oxygen atoms in total. The second-order valence-corrected chi connectivity index (χ2v) is 20.2. The number of hydrogen-bond acceptors (Lipinski definition) is 2. The van der Waals surface area contributed by atoms with Gasteiger partial charge in [-0.05, 0) is 104 Å². The van der Waals surface area contributed by atoms with Crippen LogP contribution < -0.4 is 0 Å². The van der Waals surface area contributed by atoms with E-state index in [9.17, 15) is 0 Å². The first-order valence-electron chi connectivity index (χ1n) is 26.3. The minimum absolute atomic E-state index is 0.692. The van der Waals surface area contributed by atoms with E-state index in [1.165, 1.54) is 65.2 Å². The van der Waals surface area contributed by atoms with Crippen molar-refractivity contribution in [2.45, 2.75) is 6.92 Å². The number of rotatable bonds is 7. The van der Waals surface area contributed by atoms with Gasteiger partial charge in [0, 0.05) is 88.1 Å². The minimum Gasteiger partial charge on any atom is -0.309 e. The lowest BCUT2D eigenvalue weighted by Crippen LogP contribution is -2.01. The Kier molecular flexibility index (Phi) is 9.45. The monoisotopic (exact) mass is 982 g/mol. The van der Waals surface area contributed by atoms with Crippen LogP contribution in [0.2, 0.25) is 0 Å². The predicted octanol–water partition coefficient (Wildman–Crippen LogP) is 18.2. The summed E-state index contributed by atoms with van der Waals surface area (Å²) in [5, 5.41) is 9.88. The fourth-order valence-electron chi connectivity index (χ4n) is 12.5. The van der Waals surface area contributed by atoms with Crippen LogP contribution in [0.3, 0.4) is 0 Å². The number of hydrogen-bond donors (Lipinski definition) is 0. The summed E-state index contributed by atoms with van der Waals surface area (Å²) in [4.78, 5) is 10.7. The Morgan fingerprint density at radius 1 is 0.234 bits per heavy atom. The molecule has 0 saturated carbocycles. The van der Waals surface area contributed by atoms with Crippen LogP contribution in [0.25, 0.3) is 144 Å². The van der Waals surface area contributed by atoms with Crippen LogP contribution in [-0.2, 0) is 0 Å². The molecule has 0 aliphatic heterocycles. The van der Waals surface area contributed by atoms with E-state index in [0.29, 0.717) is 5.82 Å². The third kappa shape index (κ3) is 6.55. The van der Waals surface area contributed by atoms with Crippen molar-refractivity contribution >= 4 is 87.2 Å². The van der Waals surface area contributed by atoms with E-state index >= 15 is 0 Å². The molecule has 16 aromatic rings. The number of benzene rings is 11.